The molecule has 0 radical (unpaired) electrons. The standard InChI is InChI=1S/C16H14.C16H12.C16H10.3C14H10.2C10H8/c3*1-3-11-7-9-13-5-2-6-14-10-8-12(4-1)15(11)16(13)14;3*1-2-6-12-10-14-8-4-3-7-13(14)9-11(12)5-1;2*1-2-6-10-8-4-3-7-9(10)5-1/h1-5,7-10,14-16H,6H2;1-7,9H,8,10H2;1-10H;3*1-10H;2*1-8H. The fraction of sp³-hybridized carbons (Fsp3) is 0.0545. The molecule has 0 heteroatoms. The monoisotopic (exact) mass is 1400 g/mol. The lowest BCUT2D eigenvalue weighted by Crippen LogP contribution is -2.33. The molecule has 0 bridgehead atoms. The Hall–Kier alpha value is -13.5. The maximum atomic E-state index is 2.41. The Kier molecular flexibility index (Phi) is 19.6. The van der Waals surface area contributed by atoms with Gasteiger partial charge in [-0.25, -0.2) is 0 Å². The molecule has 3 atom stereocenters. The van der Waals surface area contributed by atoms with Crippen molar-refractivity contribution in [2.75, 3.05) is 0 Å². The molecule has 5 aliphatic carbocycles. The molecule has 0 spiro atoms. The minimum Gasteiger partial charge on any atom is -0.0836 e. The second-order valence-electron chi connectivity index (χ2n) is 29.2. The lowest BCUT2D eigenvalue weighted by molar-refractivity contribution is 0.364. The molecule has 0 fully saturated rings. The Balaban J connectivity index is 0.0000000887. The quantitative estimate of drug-likeness (QED) is 0.105. The second kappa shape index (κ2) is 31.5. The number of rotatable bonds is 0. The minimum atomic E-state index is 0.630. The summed E-state index contributed by atoms with van der Waals surface area (Å²) in [5.74, 6) is 2.05. The van der Waals surface area contributed by atoms with E-state index in [1.165, 1.54) is 187 Å². The zero-order valence-electron chi connectivity index (χ0n) is 61.5. The maximum absolute atomic E-state index is 2.41. The molecule has 0 N–H and O–H groups in total. The smallest absolute Gasteiger partial charge is 0.0164 e. The van der Waals surface area contributed by atoms with Gasteiger partial charge >= 0.3 is 0 Å². The van der Waals surface area contributed by atoms with Crippen LogP contribution in [0.15, 0.2) is 460 Å². The first-order valence-corrected chi connectivity index (χ1v) is 38.7. The lowest BCUT2D eigenvalue weighted by atomic mass is 9.61. The largest absolute Gasteiger partial charge is 0.0836 e. The molecular weight excluding hydrogens is 1320 g/mol. The third-order valence-electron chi connectivity index (χ3n) is 22.5. The number of hydrogen-bond acceptors (Lipinski definition) is 0. The van der Waals surface area contributed by atoms with Gasteiger partial charge in [0.1, 0.15) is 0 Å². The molecule has 0 nitrogen and oxygen atoms in total. The van der Waals surface area contributed by atoms with Gasteiger partial charge in [0.2, 0.25) is 0 Å². The molecule has 0 heterocycles. The van der Waals surface area contributed by atoms with Gasteiger partial charge in [0, 0.05) is 11.8 Å². The first-order valence-electron chi connectivity index (χ1n) is 38.7. The predicted molar refractivity (Wildman–Crippen MR) is 478 cm³/mol. The van der Waals surface area contributed by atoms with E-state index in [0.29, 0.717) is 17.8 Å². The summed E-state index contributed by atoms with van der Waals surface area (Å²) < 4.78 is 0. The molecule has 20 aromatic carbocycles. The molecule has 522 valence electrons. The normalized spacial score (nSPS) is 15.1. The fourth-order valence-electron chi connectivity index (χ4n) is 17.1. The van der Waals surface area contributed by atoms with Crippen molar-refractivity contribution in [3.8, 4) is 0 Å². The van der Waals surface area contributed by atoms with Crippen LogP contribution in [0.1, 0.15) is 17.5 Å². The van der Waals surface area contributed by atoms with Gasteiger partial charge in [-0.3, -0.25) is 0 Å². The van der Waals surface area contributed by atoms with E-state index in [0.717, 1.165) is 0 Å². The summed E-state index contributed by atoms with van der Waals surface area (Å²) in [4.78, 5) is 0. The highest BCUT2D eigenvalue weighted by atomic mass is 14.4. The van der Waals surface area contributed by atoms with E-state index in [2.05, 4.69) is 443 Å². The molecule has 25 rings (SSSR count). The first kappa shape index (κ1) is 68.3. The zero-order valence-corrected chi connectivity index (χ0v) is 61.5. The van der Waals surface area contributed by atoms with Crippen LogP contribution in [-0.2, 0) is 12.8 Å². The number of hydrogen-bond donors (Lipinski definition) is 0. The van der Waals surface area contributed by atoms with E-state index >= 15 is 0 Å². The maximum Gasteiger partial charge on any atom is 0.0164 e. The average molecular weight is 1400 g/mol. The molecule has 3 unspecified atom stereocenters. The Morgan fingerprint density at radius 3 is 0.736 bits per heavy atom. The van der Waals surface area contributed by atoms with Crippen LogP contribution < -0.4 is 0 Å². The molecule has 0 saturated heterocycles. The van der Waals surface area contributed by atoms with Crippen molar-refractivity contribution < 1.29 is 0 Å². The van der Waals surface area contributed by atoms with Crippen molar-refractivity contribution >= 4 is 140 Å². The van der Waals surface area contributed by atoms with Crippen molar-refractivity contribution in [3.05, 3.63) is 471 Å². The van der Waals surface area contributed by atoms with Crippen LogP contribution in [0.2, 0.25) is 0 Å². The van der Waals surface area contributed by atoms with Crippen molar-refractivity contribution in [1.29, 1.82) is 0 Å². The number of benzene rings is 20. The first-order chi connectivity index (χ1) is 54.5. The Morgan fingerprint density at radius 2 is 0.436 bits per heavy atom. The van der Waals surface area contributed by atoms with Gasteiger partial charge in [-0.1, -0.05) is 407 Å². The average Bonchev–Trinajstić information content (AvgIpc) is 0.758. The SMILES string of the molecule is C1=CC2=CC=C3C=CCC4C=CC(=C1)C2C34.c1cc2c3c(c1)ccc1cccc(c13)CC2.c1cc2ccc3cccc4ccc(c1)c2c34.c1ccc2cc3ccccc3cc2c1.c1ccc2cc3ccccc3cc2c1.c1ccc2cc3ccccc3cc2c1.c1ccc2ccccc2c1.c1ccc2ccccc2c1. The summed E-state index contributed by atoms with van der Waals surface area (Å²) in [5.41, 5.74) is 7.55. The summed E-state index contributed by atoms with van der Waals surface area (Å²) in [6, 6.07) is 137. The molecule has 110 heavy (non-hydrogen) atoms. The molecule has 0 saturated carbocycles. The summed E-state index contributed by atoms with van der Waals surface area (Å²) in [6.45, 7) is 0. The lowest BCUT2D eigenvalue weighted by Gasteiger charge is -2.42. The van der Waals surface area contributed by atoms with E-state index < -0.39 is 0 Å². The van der Waals surface area contributed by atoms with Crippen LogP contribution >= 0.6 is 0 Å². The van der Waals surface area contributed by atoms with Gasteiger partial charge in [-0.15, -0.1) is 0 Å². The number of fused-ring (bicyclic) bond motifs is 8. The van der Waals surface area contributed by atoms with Crippen LogP contribution in [0.25, 0.3) is 140 Å². The van der Waals surface area contributed by atoms with E-state index in [9.17, 15) is 0 Å². The highest BCUT2D eigenvalue weighted by Crippen LogP contribution is 2.50. The van der Waals surface area contributed by atoms with Crippen LogP contribution in [0, 0.1) is 17.8 Å². The van der Waals surface area contributed by atoms with Gasteiger partial charge in [0.15, 0.2) is 0 Å². The van der Waals surface area contributed by atoms with Crippen LogP contribution in [0.5, 0.6) is 0 Å². The second-order valence-corrected chi connectivity index (χ2v) is 29.2. The molecular formula is C110H82. The van der Waals surface area contributed by atoms with Gasteiger partial charge in [0.25, 0.3) is 0 Å². The fourth-order valence-corrected chi connectivity index (χ4v) is 17.1. The topological polar surface area (TPSA) is 0 Å². The summed E-state index contributed by atoms with van der Waals surface area (Å²) >= 11 is 0. The van der Waals surface area contributed by atoms with Gasteiger partial charge in [0.05, 0.1) is 0 Å². The predicted octanol–water partition coefficient (Wildman–Crippen LogP) is 30.1. The van der Waals surface area contributed by atoms with Gasteiger partial charge < -0.3 is 0 Å². The zero-order chi connectivity index (χ0) is 73.4. The molecule has 0 aromatic heterocycles. The molecule has 5 aliphatic rings. The highest BCUT2D eigenvalue weighted by molar-refractivity contribution is 6.23. The van der Waals surface area contributed by atoms with Crippen LogP contribution in [0.3, 0.4) is 0 Å². The minimum absolute atomic E-state index is 0.630. The van der Waals surface area contributed by atoms with Crippen molar-refractivity contribution in [2.24, 2.45) is 17.8 Å². The van der Waals surface area contributed by atoms with Crippen molar-refractivity contribution in [3.63, 3.8) is 0 Å². The van der Waals surface area contributed by atoms with Gasteiger partial charge in [-0.2, -0.15) is 0 Å². The number of allylic oxidation sites excluding steroid dienone is 12. The molecule has 0 amide bonds. The van der Waals surface area contributed by atoms with Gasteiger partial charge in [-0.05, 0) is 229 Å². The summed E-state index contributed by atoms with van der Waals surface area (Å²) in [7, 11) is 0. The van der Waals surface area contributed by atoms with Crippen LogP contribution in [0.4, 0.5) is 0 Å². The van der Waals surface area contributed by atoms with E-state index in [1.807, 2.05) is 0 Å². The third kappa shape index (κ3) is 14.5. The van der Waals surface area contributed by atoms with E-state index in [1.54, 1.807) is 0 Å². The molecule has 0 aliphatic heterocycles. The third-order valence-corrected chi connectivity index (χ3v) is 22.5. The van der Waals surface area contributed by atoms with E-state index in [4.69, 9.17) is 0 Å². The van der Waals surface area contributed by atoms with Crippen molar-refractivity contribution in [2.45, 2.75) is 19.3 Å². The van der Waals surface area contributed by atoms with E-state index in [-0.39, 0.29) is 0 Å². The highest BCUT2D eigenvalue weighted by Gasteiger charge is 2.39. The Bertz CT molecular complexity index is 6000. The van der Waals surface area contributed by atoms with Crippen LogP contribution in [-0.4, -0.2) is 0 Å². The Morgan fingerprint density at radius 1 is 0.191 bits per heavy atom. The number of aryl methyl sites for hydroxylation is 2. The Labute approximate surface area is 643 Å². The summed E-state index contributed by atoms with van der Waals surface area (Å²) in [6.07, 6.45) is 24.3. The molecule has 20 aromatic rings. The summed E-state index contributed by atoms with van der Waals surface area (Å²) in [5, 5.41) is 34.9. The van der Waals surface area contributed by atoms with Crippen molar-refractivity contribution in [1.82, 2.24) is 0 Å².